The van der Waals surface area contributed by atoms with Crippen molar-refractivity contribution in [3.05, 3.63) is 59.3 Å². The van der Waals surface area contributed by atoms with Gasteiger partial charge in [0.25, 0.3) is 5.78 Å². The first kappa shape index (κ1) is 19.0. The molecule has 0 radical (unpaired) electrons. The molecule has 1 heterocycles. The number of carbonyl (C=O) groups is 2. The van der Waals surface area contributed by atoms with Crippen molar-refractivity contribution >= 4 is 39.9 Å². The van der Waals surface area contributed by atoms with Crippen molar-refractivity contribution in [2.45, 2.75) is 26.8 Å². The summed E-state index contributed by atoms with van der Waals surface area (Å²) in [6, 6.07) is 13.4. The van der Waals surface area contributed by atoms with Crippen molar-refractivity contribution in [1.82, 2.24) is 10.6 Å². The number of thiocarbonyl (C=S) groups is 1. The molecule has 0 aromatic heterocycles. The Labute approximate surface area is 163 Å². The molecule has 0 saturated heterocycles. The molecular weight excluding hydrogens is 360 g/mol. The maximum Gasteiger partial charge on any atom is 0.379 e. The molecule has 0 unspecified atom stereocenters. The van der Waals surface area contributed by atoms with Gasteiger partial charge in [0.2, 0.25) is 0 Å². The fraction of sp³-hybridized carbons (Fsp3) is 0.286. The molecule has 0 spiro atoms. The number of esters is 1. The van der Waals surface area contributed by atoms with E-state index in [2.05, 4.69) is 10.6 Å². The zero-order valence-electron chi connectivity index (χ0n) is 15.5. The van der Waals surface area contributed by atoms with Crippen LogP contribution in [0, 0.1) is 5.92 Å². The number of allylic oxidation sites excluding steroid dienone is 1. The number of rotatable bonds is 5. The van der Waals surface area contributed by atoms with E-state index in [1.165, 1.54) is 0 Å². The number of hydrogen-bond donors (Lipinski definition) is 2. The van der Waals surface area contributed by atoms with Crippen molar-refractivity contribution in [2.24, 2.45) is 5.92 Å². The molecule has 0 saturated carbocycles. The van der Waals surface area contributed by atoms with E-state index in [1.54, 1.807) is 6.92 Å². The fourth-order valence-corrected chi connectivity index (χ4v) is 3.47. The predicted molar refractivity (Wildman–Crippen MR) is 109 cm³/mol. The van der Waals surface area contributed by atoms with Crippen LogP contribution in [-0.2, 0) is 14.3 Å². The van der Waals surface area contributed by atoms with Crippen LogP contribution >= 0.6 is 12.2 Å². The maximum atomic E-state index is 12.9. The summed E-state index contributed by atoms with van der Waals surface area (Å²) in [5.74, 6) is -1.52. The molecule has 1 atom stereocenters. The lowest BCUT2D eigenvalue weighted by Gasteiger charge is -2.32. The van der Waals surface area contributed by atoms with Crippen LogP contribution in [-0.4, -0.2) is 23.5 Å². The summed E-state index contributed by atoms with van der Waals surface area (Å²) in [7, 11) is 0. The fourth-order valence-electron chi connectivity index (χ4n) is 3.24. The Kier molecular flexibility index (Phi) is 5.56. The smallest absolute Gasteiger partial charge is 0.379 e. The number of ether oxygens (including phenoxy) is 1. The van der Waals surface area contributed by atoms with Gasteiger partial charge in [0.1, 0.15) is 0 Å². The number of nitrogens with one attached hydrogen (secondary N) is 2. The number of hydrogen-bond acceptors (Lipinski definition) is 4. The molecule has 1 aliphatic heterocycles. The minimum Gasteiger partial charge on any atom is -0.460 e. The van der Waals surface area contributed by atoms with Crippen LogP contribution in [0.5, 0.6) is 0 Å². The molecule has 0 bridgehead atoms. The molecule has 1 aliphatic rings. The zero-order chi connectivity index (χ0) is 19.6. The van der Waals surface area contributed by atoms with Crippen LogP contribution in [0.4, 0.5) is 0 Å². The second-order valence-corrected chi connectivity index (χ2v) is 7.08. The second-order valence-electron chi connectivity index (χ2n) is 6.67. The van der Waals surface area contributed by atoms with Gasteiger partial charge in [0.05, 0.1) is 18.2 Å². The van der Waals surface area contributed by atoms with Gasteiger partial charge in [-0.15, -0.1) is 0 Å². The van der Waals surface area contributed by atoms with Crippen LogP contribution < -0.4 is 10.6 Å². The molecule has 6 heteroatoms. The quantitative estimate of drug-likeness (QED) is 0.469. The summed E-state index contributed by atoms with van der Waals surface area (Å²) < 4.78 is 4.96. The average molecular weight is 382 g/mol. The minimum absolute atomic E-state index is 0.0126. The van der Waals surface area contributed by atoms with Gasteiger partial charge in [0.15, 0.2) is 5.11 Å². The first-order valence-electron chi connectivity index (χ1n) is 8.94. The van der Waals surface area contributed by atoms with E-state index in [9.17, 15) is 9.59 Å². The van der Waals surface area contributed by atoms with E-state index < -0.39 is 17.8 Å². The van der Waals surface area contributed by atoms with Gasteiger partial charge in [-0.05, 0) is 47.5 Å². The van der Waals surface area contributed by atoms with Crippen molar-refractivity contribution in [3.8, 4) is 0 Å². The number of fused-ring (bicyclic) bond motifs is 1. The molecule has 0 fully saturated rings. The summed E-state index contributed by atoms with van der Waals surface area (Å²) in [6.07, 6.45) is 0. The summed E-state index contributed by atoms with van der Waals surface area (Å²) in [5, 5.41) is 8.78. The van der Waals surface area contributed by atoms with Crippen LogP contribution in [0.15, 0.2) is 53.7 Å². The molecule has 27 heavy (non-hydrogen) atoms. The van der Waals surface area contributed by atoms with Crippen molar-refractivity contribution in [3.63, 3.8) is 0 Å². The average Bonchev–Trinajstić information content (AvgIpc) is 2.66. The Morgan fingerprint density at radius 3 is 2.52 bits per heavy atom. The van der Waals surface area contributed by atoms with E-state index in [1.807, 2.05) is 56.3 Å². The third kappa shape index (κ3) is 3.85. The highest BCUT2D eigenvalue weighted by atomic mass is 32.1. The third-order valence-corrected chi connectivity index (χ3v) is 4.71. The lowest BCUT2D eigenvalue weighted by Crippen LogP contribution is -2.47. The van der Waals surface area contributed by atoms with Gasteiger partial charge >= 0.3 is 5.97 Å². The molecule has 0 aliphatic carbocycles. The Balaban J connectivity index is 2.14. The summed E-state index contributed by atoms with van der Waals surface area (Å²) >= 11 is 5.35. The second kappa shape index (κ2) is 7.88. The van der Waals surface area contributed by atoms with Gasteiger partial charge in [-0.2, -0.15) is 0 Å². The SMILES string of the molecule is CCOC(=O)C(=O)C1=C(C(C)C)NC(=S)N[C@H]1c1ccc2ccccc2c1. The van der Waals surface area contributed by atoms with E-state index in [0.29, 0.717) is 16.4 Å². The number of Topliss-reactive ketones (excluding diaryl/α,β-unsaturated/α-hetero) is 1. The number of benzene rings is 2. The van der Waals surface area contributed by atoms with Crippen molar-refractivity contribution in [1.29, 1.82) is 0 Å². The van der Waals surface area contributed by atoms with E-state index in [4.69, 9.17) is 17.0 Å². The van der Waals surface area contributed by atoms with Crippen LogP contribution in [0.2, 0.25) is 0 Å². The highest BCUT2D eigenvalue weighted by molar-refractivity contribution is 7.80. The largest absolute Gasteiger partial charge is 0.460 e. The Hall–Kier alpha value is -2.73. The lowest BCUT2D eigenvalue weighted by molar-refractivity contribution is -0.152. The summed E-state index contributed by atoms with van der Waals surface area (Å²) in [5.41, 5.74) is 1.87. The normalized spacial score (nSPS) is 16.9. The van der Waals surface area contributed by atoms with Gasteiger partial charge in [-0.3, -0.25) is 4.79 Å². The van der Waals surface area contributed by atoms with Crippen molar-refractivity contribution < 1.29 is 14.3 Å². The molecule has 2 N–H and O–H groups in total. The molecule has 2 aromatic carbocycles. The van der Waals surface area contributed by atoms with Crippen LogP contribution in [0.3, 0.4) is 0 Å². The third-order valence-electron chi connectivity index (χ3n) is 4.49. The summed E-state index contributed by atoms with van der Waals surface area (Å²) in [6.45, 7) is 5.73. The highest BCUT2D eigenvalue weighted by Crippen LogP contribution is 2.32. The topological polar surface area (TPSA) is 67.4 Å². The van der Waals surface area contributed by atoms with Gasteiger partial charge in [-0.1, -0.05) is 50.2 Å². The van der Waals surface area contributed by atoms with Gasteiger partial charge in [-0.25, -0.2) is 4.79 Å². The molecule has 0 amide bonds. The van der Waals surface area contributed by atoms with Crippen LogP contribution in [0.25, 0.3) is 10.8 Å². The predicted octanol–water partition coefficient (Wildman–Crippen LogP) is 3.40. The van der Waals surface area contributed by atoms with E-state index >= 15 is 0 Å². The highest BCUT2D eigenvalue weighted by Gasteiger charge is 2.36. The zero-order valence-corrected chi connectivity index (χ0v) is 16.4. The Bertz CT molecular complexity index is 949. The van der Waals surface area contributed by atoms with E-state index in [0.717, 1.165) is 16.3 Å². The van der Waals surface area contributed by atoms with Gasteiger partial charge < -0.3 is 15.4 Å². The summed E-state index contributed by atoms with van der Waals surface area (Å²) in [4.78, 5) is 25.1. The first-order valence-corrected chi connectivity index (χ1v) is 9.35. The number of ketones is 1. The molecule has 5 nitrogen and oxygen atoms in total. The van der Waals surface area contributed by atoms with Gasteiger partial charge in [0, 0.05) is 5.70 Å². The molecule has 140 valence electrons. The molecule has 2 aromatic rings. The van der Waals surface area contributed by atoms with Crippen LogP contribution in [0.1, 0.15) is 32.4 Å². The molecule has 3 rings (SSSR count). The maximum absolute atomic E-state index is 12.9. The standard InChI is InChI=1S/C21H22N2O3S/c1-4-26-20(25)19(24)16-17(12(2)3)22-21(27)23-18(16)15-10-9-13-7-5-6-8-14(13)11-15/h5-12,18H,4H2,1-3H3,(H2,22,23,27)/t18-/m0/s1. The Morgan fingerprint density at radius 1 is 1.15 bits per heavy atom. The van der Waals surface area contributed by atoms with Crippen molar-refractivity contribution in [2.75, 3.05) is 6.61 Å². The number of carbonyl (C=O) groups excluding carboxylic acids is 2. The molecular formula is C21H22N2O3S. The monoisotopic (exact) mass is 382 g/mol. The van der Waals surface area contributed by atoms with E-state index in [-0.39, 0.29) is 12.5 Å². The lowest BCUT2D eigenvalue weighted by atomic mass is 9.88. The Morgan fingerprint density at radius 2 is 1.85 bits per heavy atom. The minimum atomic E-state index is -0.854. The first-order chi connectivity index (χ1) is 12.9.